The maximum Gasteiger partial charge on any atom is 0.338 e. The smallest absolute Gasteiger partial charge is 0.338 e. The molecule has 1 heterocycles. The first-order chi connectivity index (χ1) is 16.5. The first-order valence-electron chi connectivity index (χ1n) is 10.8. The van der Waals surface area contributed by atoms with Gasteiger partial charge in [-0.3, -0.25) is 0 Å². The summed E-state index contributed by atoms with van der Waals surface area (Å²) in [5.41, 5.74) is 1.80. The Morgan fingerprint density at radius 1 is 0.829 bits per heavy atom. The van der Waals surface area contributed by atoms with Crippen molar-refractivity contribution in [3.8, 4) is 0 Å². The number of nitrogens with one attached hydrogen (secondary N) is 1. The average molecular weight is 513 g/mol. The molecular formula is C25H24N2O6S2. The fourth-order valence-corrected chi connectivity index (χ4v) is 6.54. The summed E-state index contributed by atoms with van der Waals surface area (Å²) >= 11 is 0. The van der Waals surface area contributed by atoms with Gasteiger partial charge in [-0.25, -0.2) is 30.3 Å². The Bertz CT molecular complexity index is 1620. The molecule has 4 aromatic rings. The van der Waals surface area contributed by atoms with Crippen LogP contribution in [0.3, 0.4) is 0 Å². The maximum absolute atomic E-state index is 13.7. The summed E-state index contributed by atoms with van der Waals surface area (Å²) in [5.74, 6) is -1.30. The van der Waals surface area contributed by atoms with Crippen molar-refractivity contribution in [3.63, 3.8) is 0 Å². The van der Waals surface area contributed by atoms with Crippen molar-refractivity contribution in [3.05, 3.63) is 95.2 Å². The number of aromatic carboxylic acids is 1. The minimum atomic E-state index is -4.17. The quantitative estimate of drug-likeness (QED) is 0.371. The van der Waals surface area contributed by atoms with Crippen LogP contribution in [0.25, 0.3) is 10.9 Å². The normalized spacial score (nSPS) is 12.2. The maximum atomic E-state index is 13.7. The molecule has 4 rings (SSSR count). The molecule has 0 fully saturated rings. The van der Waals surface area contributed by atoms with Crippen molar-refractivity contribution in [2.45, 2.75) is 30.1 Å². The van der Waals surface area contributed by atoms with Crippen LogP contribution in [0.2, 0.25) is 0 Å². The van der Waals surface area contributed by atoms with Crippen molar-refractivity contribution >= 4 is 36.9 Å². The monoisotopic (exact) mass is 512 g/mol. The average Bonchev–Trinajstić information content (AvgIpc) is 3.14. The van der Waals surface area contributed by atoms with Gasteiger partial charge in [0, 0.05) is 18.4 Å². The van der Waals surface area contributed by atoms with Crippen molar-refractivity contribution in [2.75, 3.05) is 6.54 Å². The van der Waals surface area contributed by atoms with Crippen LogP contribution < -0.4 is 4.72 Å². The Hall–Kier alpha value is -3.47. The fraction of sp³-hybridized carbons (Fsp3) is 0.160. The highest BCUT2D eigenvalue weighted by molar-refractivity contribution is 7.90. The SMILES string of the molecule is Cc1ccc(S(=O)(=O)NCCc2c(C(=O)O)c3ccccc3n2S(=O)(=O)c2ccc(C)cc2)cc1. The molecule has 0 unspecified atom stereocenters. The zero-order chi connectivity index (χ0) is 25.4. The van der Waals surface area contributed by atoms with Gasteiger partial charge in [0.15, 0.2) is 0 Å². The van der Waals surface area contributed by atoms with Crippen molar-refractivity contribution in [2.24, 2.45) is 0 Å². The number of carboxylic acids is 1. The standard InChI is InChI=1S/C25H24N2O6S2/c1-17-7-11-19(12-8-17)34(30,31)26-16-15-23-24(25(28)29)21-5-3-4-6-22(21)27(23)35(32,33)20-13-9-18(2)10-14-20/h3-14,26H,15-16H2,1-2H3,(H,28,29). The van der Waals surface area contributed by atoms with Crippen LogP contribution in [0.5, 0.6) is 0 Å². The molecule has 0 amide bonds. The van der Waals surface area contributed by atoms with Crippen LogP contribution >= 0.6 is 0 Å². The number of aromatic nitrogens is 1. The number of hydrogen-bond acceptors (Lipinski definition) is 5. The van der Waals surface area contributed by atoms with Crippen LogP contribution in [0, 0.1) is 13.8 Å². The number of carbonyl (C=O) groups is 1. The lowest BCUT2D eigenvalue weighted by Gasteiger charge is -2.13. The molecule has 0 aliphatic rings. The lowest BCUT2D eigenvalue weighted by Crippen LogP contribution is -2.28. The predicted octanol–water partition coefficient (Wildman–Crippen LogP) is 3.71. The molecule has 0 saturated heterocycles. The third kappa shape index (κ3) is 4.72. The van der Waals surface area contributed by atoms with Gasteiger partial charge >= 0.3 is 5.97 Å². The van der Waals surface area contributed by atoms with E-state index in [9.17, 15) is 26.7 Å². The highest BCUT2D eigenvalue weighted by atomic mass is 32.2. The zero-order valence-corrected chi connectivity index (χ0v) is 20.7. The van der Waals surface area contributed by atoms with Gasteiger partial charge < -0.3 is 5.11 Å². The van der Waals surface area contributed by atoms with E-state index in [-0.39, 0.29) is 44.9 Å². The van der Waals surface area contributed by atoms with Crippen LogP contribution in [0.4, 0.5) is 0 Å². The molecule has 3 aromatic carbocycles. The second-order valence-corrected chi connectivity index (χ2v) is 11.7. The number of rotatable bonds is 8. The number of benzene rings is 3. The third-order valence-corrected chi connectivity index (χ3v) is 8.93. The Kier molecular flexibility index (Phi) is 6.54. The van der Waals surface area contributed by atoms with Gasteiger partial charge in [0.05, 0.1) is 26.6 Å². The number of fused-ring (bicyclic) bond motifs is 1. The topological polar surface area (TPSA) is 123 Å². The summed E-state index contributed by atoms with van der Waals surface area (Å²) in [5, 5.41) is 10.2. The summed E-state index contributed by atoms with van der Waals surface area (Å²) < 4.78 is 56.2. The number of hydrogen-bond donors (Lipinski definition) is 2. The minimum absolute atomic E-state index is 0.00211. The number of sulfonamides is 1. The van der Waals surface area contributed by atoms with E-state index in [2.05, 4.69) is 4.72 Å². The summed E-state index contributed by atoms with van der Waals surface area (Å²) in [4.78, 5) is 12.3. The molecule has 8 nitrogen and oxygen atoms in total. The van der Waals surface area contributed by atoms with Gasteiger partial charge in [0.25, 0.3) is 10.0 Å². The van der Waals surface area contributed by atoms with Gasteiger partial charge in [0.1, 0.15) is 0 Å². The van der Waals surface area contributed by atoms with Crippen LogP contribution in [0.1, 0.15) is 27.2 Å². The second-order valence-electron chi connectivity index (χ2n) is 8.19. The van der Waals surface area contributed by atoms with Crippen LogP contribution in [-0.4, -0.2) is 38.4 Å². The van der Waals surface area contributed by atoms with Gasteiger partial charge in [-0.1, -0.05) is 53.6 Å². The molecule has 0 aliphatic carbocycles. The van der Waals surface area contributed by atoms with E-state index in [0.29, 0.717) is 0 Å². The van der Waals surface area contributed by atoms with E-state index in [1.54, 1.807) is 42.5 Å². The second kappa shape index (κ2) is 9.29. The van der Waals surface area contributed by atoms with Crippen molar-refractivity contribution in [1.29, 1.82) is 0 Å². The third-order valence-electron chi connectivity index (χ3n) is 5.68. The fourth-order valence-electron chi connectivity index (χ4n) is 3.92. The molecule has 0 saturated carbocycles. The zero-order valence-electron chi connectivity index (χ0n) is 19.1. The van der Waals surface area contributed by atoms with E-state index < -0.39 is 26.0 Å². The largest absolute Gasteiger partial charge is 0.478 e. The first-order valence-corrected chi connectivity index (χ1v) is 13.7. The van der Waals surface area contributed by atoms with Gasteiger partial charge in [-0.05, 0) is 44.2 Å². The molecule has 10 heteroatoms. The van der Waals surface area contributed by atoms with E-state index in [1.807, 2.05) is 13.8 Å². The number of carboxylic acid groups (broad SMARTS) is 1. The van der Waals surface area contributed by atoms with E-state index in [0.717, 1.165) is 15.1 Å². The molecular weight excluding hydrogens is 488 g/mol. The van der Waals surface area contributed by atoms with Crippen molar-refractivity contribution < 1.29 is 26.7 Å². The Morgan fingerprint density at radius 2 is 1.37 bits per heavy atom. The highest BCUT2D eigenvalue weighted by Crippen LogP contribution is 2.31. The lowest BCUT2D eigenvalue weighted by atomic mass is 10.1. The lowest BCUT2D eigenvalue weighted by molar-refractivity contribution is 0.0698. The number of nitrogens with zero attached hydrogens (tertiary/aromatic N) is 1. The number of para-hydroxylation sites is 1. The van der Waals surface area contributed by atoms with E-state index in [4.69, 9.17) is 0 Å². The van der Waals surface area contributed by atoms with Crippen LogP contribution in [-0.2, 0) is 26.5 Å². The molecule has 0 atom stereocenters. The number of aryl methyl sites for hydroxylation is 2. The predicted molar refractivity (Wildman–Crippen MR) is 133 cm³/mol. The summed E-state index contributed by atoms with van der Waals surface area (Å²) in [6.45, 7) is 3.47. The molecule has 2 N–H and O–H groups in total. The molecule has 0 radical (unpaired) electrons. The summed E-state index contributed by atoms with van der Waals surface area (Å²) in [6.07, 6.45) is -0.160. The van der Waals surface area contributed by atoms with E-state index >= 15 is 0 Å². The summed E-state index contributed by atoms with van der Waals surface area (Å²) in [7, 11) is -8.04. The molecule has 0 bridgehead atoms. The van der Waals surface area contributed by atoms with Gasteiger partial charge in [-0.15, -0.1) is 0 Å². The Balaban J connectivity index is 1.79. The first kappa shape index (κ1) is 24.6. The highest BCUT2D eigenvalue weighted by Gasteiger charge is 2.29. The minimum Gasteiger partial charge on any atom is -0.478 e. The Labute approximate surface area is 203 Å². The van der Waals surface area contributed by atoms with E-state index in [1.165, 1.54) is 30.3 Å². The Morgan fingerprint density at radius 3 is 1.94 bits per heavy atom. The van der Waals surface area contributed by atoms with Crippen LogP contribution in [0.15, 0.2) is 82.6 Å². The molecule has 182 valence electrons. The molecule has 0 aliphatic heterocycles. The summed E-state index contributed by atoms with van der Waals surface area (Å²) in [6, 6.07) is 18.9. The molecule has 1 aromatic heterocycles. The molecule has 35 heavy (non-hydrogen) atoms. The van der Waals surface area contributed by atoms with Gasteiger partial charge in [0.2, 0.25) is 10.0 Å². The van der Waals surface area contributed by atoms with Crippen molar-refractivity contribution in [1.82, 2.24) is 8.69 Å². The van der Waals surface area contributed by atoms with Gasteiger partial charge in [-0.2, -0.15) is 0 Å². The molecule has 0 spiro atoms.